The number of hydrogen-bond acceptors (Lipinski definition) is 4. The minimum absolute atomic E-state index is 0.125. The lowest BCUT2D eigenvalue weighted by molar-refractivity contribution is 0.0372. The van der Waals surface area contributed by atoms with Crippen molar-refractivity contribution in [1.82, 2.24) is 4.90 Å². The average Bonchev–Trinajstić information content (AvgIpc) is 3.27. The van der Waals surface area contributed by atoms with E-state index in [9.17, 15) is 10.2 Å². The number of aliphatic hydroxyl groups excluding tert-OH is 2. The Bertz CT molecular complexity index is 640. The van der Waals surface area contributed by atoms with Crippen LogP contribution in [0.25, 0.3) is 0 Å². The van der Waals surface area contributed by atoms with Crippen LogP contribution in [0.2, 0.25) is 0 Å². The average molecular weight is 416 g/mol. The van der Waals surface area contributed by atoms with Gasteiger partial charge in [0.25, 0.3) is 0 Å². The Morgan fingerprint density at radius 2 is 2.03 bits per heavy atom. The van der Waals surface area contributed by atoms with Gasteiger partial charge in [-0.3, -0.25) is 4.90 Å². The number of morpholine rings is 1. The number of rotatable bonds is 9. The van der Waals surface area contributed by atoms with E-state index in [-0.39, 0.29) is 17.9 Å². The van der Waals surface area contributed by atoms with Crippen LogP contribution in [0.4, 0.5) is 0 Å². The molecule has 2 aliphatic carbocycles. The standard InChI is InChI=1S/C26H41NO3/c1-3-4-8-20(2)25(28)11-10-23-24-18-21(17-22(24)19-26(23)29)9-6-5-7-12-27-13-15-30-16-14-27/h9-11,20,22-26,28-29H,5-8,12-19H2,1-2H3/b11-10+,21-9+/t20?,22?,23-,24+,25-,26-/m1/s1. The predicted octanol–water partition coefficient (Wildman–Crippen LogP) is 3.79. The molecule has 2 saturated carbocycles. The van der Waals surface area contributed by atoms with Gasteiger partial charge in [-0.15, -0.1) is 11.8 Å². The van der Waals surface area contributed by atoms with Gasteiger partial charge < -0.3 is 14.9 Å². The van der Waals surface area contributed by atoms with E-state index in [4.69, 9.17) is 4.74 Å². The fourth-order valence-corrected chi connectivity index (χ4v) is 5.37. The van der Waals surface area contributed by atoms with Crippen molar-refractivity contribution >= 4 is 0 Å². The Balaban J connectivity index is 1.42. The van der Waals surface area contributed by atoms with Gasteiger partial charge in [0.1, 0.15) is 0 Å². The highest BCUT2D eigenvalue weighted by Crippen LogP contribution is 2.50. The summed E-state index contributed by atoms with van der Waals surface area (Å²) in [5, 5.41) is 20.9. The summed E-state index contributed by atoms with van der Waals surface area (Å²) in [7, 11) is 0. The molecule has 3 rings (SSSR count). The lowest BCUT2D eigenvalue weighted by Crippen LogP contribution is -2.36. The van der Waals surface area contributed by atoms with Crippen molar-refractivity contribution in [2.45, 2.75) is 71.0 Å². The molecule has 168 valence electrons. The number of hydrogen-bond donors (Lipinski definition) is 2. The van der Waals surface area contributed by atoms with Gasteiger partial charge in [-0.2, -0.15) is 0 Å². The van der Waals surface area contributed by atoms with E-state index >= 15 is 0 Å². The Kier molecular flexibility index (Phi) is 9.46. The van der Waals surface area contributed by atoms with Crippen LogP contribution >= 0.6 is 0 Å². The predicted molar refractivity (Wildman–Crippen MR) is 122 cm³/mol. The molecule has 0 radical (unpaired) electrons. The van der Waals surface area contributed by atoms with E-state index in [2.05, 4.69) is 28.9 Å². The molecule has 4 nitrogen and oxygen atoms in total. The smallest absolute Gasteiger partial charge is 0.0755 e. The van der Waals surface area contributed by atoms with Crippen molar-refractivity contribution in [1.29, 1.82) is 0 Å². The maximum absolute atomic E-state index is 10.6. The number of allylic oxidation sites excluding steroid dienone is 2. The van der Waals surface area contributed by atoms with E-state index in [0.717, 1.165) is 45.6 Å². The first kappa shape index (κ1) is 23.5. The van der Waals surface area contributed by atoms with Gasteiger partial charge >= 0.3 is 0 Å². The molecular formula is C26H41NO3. The fraction of sp³-hybridized carbons (Fsp3) is 0.769. The molecule has 2 unspecified atom stereocenters. The van der Waals surface area contributed by atoms with Crippen LogP contribution in [0.1, 0.15) is 58.8 Å². The number of ether oxygens (including phenoxy) is 1. The molecule has 3 fully saturated rings. The van der Waals surface area contributed by atoms with E-state index in [1.807, 2.05) is 19.9 Å². The second-order valence-electron chi connectivity index (χ2n) is 9.51. The van der Waals surface area contributed by atoms with Crippen LogP contribution in [0, 0.1) is 35.5 Å². The van der Waals surface area contributed by atoms with E-state index in [0.29, 0.717) is 18.3 Å². The van der Waals surface area contributed by atoms with Gasteiger partial charge in [-0.1, -0.05) is 30.7 Å². The van der Waals surface area contributed by atoms with Gasteiger partial charge in [-0.05, 0) is 69.7 Å². The SMILES string of the molecule is CC#CCC(C)[C@H](O)/C=C/[C@H]1[C@H](O)CC2C/C(=C\CCCCN3CCOCC3)C[C@@H]21. The van der Waals surface area contributed by atoms with Gasteiger partial charge in [0.2, 0.25) is 0 Å². The Morgan fingerprint density at radius 1 is 1.23 bits per heavy atom. The van der Waals surface area contributed by atoms with Crippen LogP contribution in [0.5, 0.6) is 0 Å². The summed E-state index contributed by atoms with van der Waals surface area (Å²) in [6.07, 6.45) is 13.3. The first-order valence-electron chi connectivity index (χ1n) is 12.0. The number of unbranched alkanes of at least 4 members (excludes halogenated alkanes) is 2. The second kappa shape index (κ2) is 12.1. The molecule has 0 spiro atoms. The lowest BCUT2D eigenvalue weighted by atomic mass is 9.89. The first-order chi connectivity index (χ1) is 14.6. The maximum Gasteiger partial charge on any atom is 0.0755 e. The Morgan fingerprint density at radius 3 is 2.80 bits per heavy atom. The normalized spacial score (nSPS) is 32.9. The number of fused-ring (bicyclic) bond motifs is 1. The molecule has 2 N–H and O–H groups in total. The van der Waals surface area contributed by atoms with Crippen molar-refractivity contribution in [3.8, 4) is 11.8 Å². The monoisotopic (exact) mass is 415 g/mol. The topological polar surface area (TPSA) is 52.9 Å². The molecule has 0 aromatic rings. The van der Waals surface area contributed by atoms with Gasteiger partial charge in [-0.25, -0.2) is 0 Å². The quantitative estimate of drug-likeness (QED) is 0.342. The second-order valence-corrected chi connectivity index (χ2v) is 9.51. The summed E-state index contributed by atoms with van der Waals surface area (Å²) >= 11 is 0. The van der Waals surface area contributed by atoms with Crippen molar-refractivity contribution in [3.05, 3.63) is 23.8 Å². The third-order valence-electron chi connectivity index (χ3n) is 7.29. The maximum atomic E-state index is 10.6. The molecule has 0 amide bonds. The molecule has 3 aliphatic rings. The lowest BCUT2D eigenvalue weighted by Gasteiger charge is -2.26. The third kappa shape index (κ3) is 6.69. The van der Waals surface area contributed by atoms with Crippen LogP contribution in [-0.4, -0.2) is 60.2 Å². The van der Waals surface area contributed by atoms with Crippen molar-refractivity contribution in [2.75, 3.05) is 32.8 Å². The minimum atomic E-state index is -0.486. The highest BCUT2D eigenvalue weighted by Gasteiger charge is 2.44. The molecule has 6 atom stereocenters. The molecule has 30 heavy (non-hydrogen) atoms. The highest BCUT2D eigenvalue weighted by molar-refractivity contribution is 5.18. The molecule has 0 aromatic carbocycles. The molecule has 1 saturated heterocycles. The summed E-state index contributed by atoms with van der Waals surface area (Å²) in [5.74, 6) is 7.39. The van der Waals surface area contributed by atoms with E-state index < -0.39 is 6.10 Å². The summed E-state index contributed by atoms with van der Waals surface area (Å²) < 4.78 is 5.41. The summed E-state index contributed by atoms with van der Waals surface area (Å²) in [6, 6.07) is 0. The summed E-state index contributed by atoms with van der Waals surface area (Å²) in [4.78, 5) is 2.51. The zero-order valence-electron chi connectivity index (χ0n) is 18.9. The van der Waals surface area contributed by atoms with Crippen molar-refractivity contribution in [3.63, 3.8) is 0 Å². The number of nitrogens with zero attached hydrogens (tertiary/aromatic N) is 1. The van der Waals surface area contributed by atoms with Crippen LogP contribution in [-0.2, 0) is 4.74 Å². The molecule has 0 aromatic heterocycles. The zero-order valence-corrected chi connectivity index (χ0v) is 18.9. The van der Waals surface area contributed by atoms with Crippen molar-refractivity contribution in [2.24, 2.45) is 23.7 Å². The van der Waals surface area contributed by atoms with Crippen molar-refractivity contribution < 1.29 is 14.9 Å². The molecule has 1 aliphatic heterocycles. The van der Waals surface area contributed by atoms with Crippen LogP contribution in [0.15, 0.2) is 23.8 Å². The molecule has 1 heterocycles. The molecule has 4 heteroatoms. The Hall–Kier alpha value is -1.12. The molecular weight excluding hydrogens is 374 g/mol. The van der Waals surface area contributed by atoms with E-state index in [1.54, 1.807) is 5.57 Å². The van der Waals surface area contributed by atoms with Gasteiger partial charge in [0.15, 0.2) is 0 Å². The van der Waals surface area contributed by atoms with Gasteiger partial charge in [0.05, 0.1) is 25.4 Å². The van der Waals surface area contributed by atoms with Crippen LogP contribution < -0.4 is 0 Å². The zero-order chi connectivity index (χ0) is 21.3. The largest absolute Gasteiger partial charge is 0.392 e. The minimum Gasteiger partial charge on any atom is -0.392 e. The molecule has 0 bridgehead atoms. The van der Waals surface area contributed by atoms with Gasteiger partial charge in [0, 0.05) is 25.4 Å². The first-order valence-corrected chi connectivity index (χ1v) is 12.0. The summed E-state index contributed by atoms with van der Waals surface area (Å²) in [5.41, 5.74) is 1.59. The number of aliphatic hydroxyl groups is 2. The Labute approximate surface area is 183 Å². The summed E-state index contributed by atoms with van der Waals surface area (Å²) in [6.45, 7) is 9.00. The fourth-order valence-electron chi connectivity index (χ4n) is 5.37. The highest BCUT2D eigenvalue weighted by atomic mass is 16.5. The van der Waals surface area contributed by atoms with Crippen LogP contribution in [0.3, 0.4) is 0 Å². The third-order valence-corrected chi connectivity index (χ3v) is 7.29. The van der Waals surface area contributed by atoms with E-state index in [1.165, 1.54) is 25.8 Å².